The van der Waals surface area contributed by atoms with Gasteiger partial charge in [-0.2, -0.15) is 15.1 Å². The number of hydrogen-bond acceptors (Lipinski definition) is 4. The smallest absolute Gasteiger partial charge is 0.283 e. The number of nitrogens with zero attached hydrogens (tertiary/aromatic N) is 4. The van der Waals surface area contributed by atoms with Crippen LogP contribution in [0.1, 0.15) is 42.8 Å². The van der Waals surface area contributed by atoms with Crippen LogP contribution in [0.3, 0.4) is 0 Å². The summed E-state index contributed by atoms with van der Waals surface area (Å²) < 4.78 is 2.11. The Kier molecular flexibility index (Phi) is 5.66. The van der Waals surface area contributed by atoms with Crippen molar-refractivity contribution in [2.75, 3.05) is 0 Å². The van der Waals surface area contributed by atoms with Gasteiger partial charge in [-0.3, -0.25) is 10.2 Å². The molecule has 8 heteroatoms. The number of hydrogen-bond donors (Lipinski definition) is 1. The van der Waals surface area contributed by atoms with Crippen LogP contribution in [0.4, 0.5) is 0 Å². The maximum Gasteiger partial charge on any atom is 0.283 e. The summed E-state index contributed by atoms with van der Waals surface area (Å²) in [5.74, 6) is 0.0897. The van der Waals surface area contributed by atoms with Crippen LogP contribution in [0.15, 0.2) is 39.9 Å². The molecule has 4 rings (SSSR count). The second-order valence-electron chi connectivity index (χ2n) is 8.16. The average molecular weight is 454 g/mol. The Morgan fingerprint density at radius 3 is 2.71 bits per heavy atom. The number of fused-ring (bicyclic) bond motifs is 1. The van der Waals surface area contributed by atoms with Crippen LogP contribution in [0, 0.1) is 32.1 Å². The third kappa shape index (κ3) is 3.88. The van der Waals surface area contributed by atoms with Gasteiger partial charge >= 0.3 is 0 Å². The molecule has 6 nitrogen and oxygen atoms in total. The number of carbonyl (C=O) groups is 1. The Labute approximate surface area is 191 Å². The van der Waals surface area contributed by atoms with Crippen molar-refractivity contribution in [3.63, 3.8) is 0 Å². The molecule has 3 heterocycles. The first-order valence-electron chi connectivity index (χ1n) is 10.1. The molecular formula is C23H24ClN5OS. The number of aromatic nitrogens is 1. The number of nitrogens with one attached hydrogen (secondary N) is 1. The van der Waals surface area contributed by atoms with E-state index in [-0.39, 0.29) is 11.4 Å². The zero-order valence-corrected chi connectivity index (χ0v) is 19.7. The molecule has 160 valence electrons. The molecule has 1 amide bonds. The quantitative estimate of drug-likeness (QED) is 0.601. The molecule has 1 N–H and O–H groups in total. The van der Waals surface area contributed by atoms with Gasteiger partial charge in [0, 0.05) is 28.5 Å². The molecule has 0 spiro atoms. The topological polar surface area (TPSA) is 73.8 Å². The number of carbonyl (C=O) groups excluding carboxylic acids is 1. The Morgan fingerprint density at radius 2 is 2.00 bits per heavy atom. The SMILES string of the molecule is Cc1c(Cl)cccc1-n1c(C)cc(/C=C2\C(=N)N3N=C(CC(C)C)SC3=NC2=O)c1C. The number of amides is 1. The van der Waals surface area contributed by atoms with E-state index in [0.717, 1.165) is 39.7 Å². The highest BCUT2D eigenvalue weighted by molar-refractivity contribution is 8.26. The maximum absolute atomic E-state index is 12.7. The monoisotopic (exact) mass is 453 g/mol. The van der Waals surface area contributed by atoms with E-state index in [1.54, 1.807) is 6.08 Å². The van der Waals surface area contributed by atoms with Crippen molar-refractivity contribution in [3.8, 4) is 5.69 Å². The standard InChI is InChI=1S/C23H24ClN5OS/c1-12(2)9-20-27-29-21(25)17(22(30)26-23(29)31-20)11-16-10-13(3)28(15(16)5)19-8-6-7-18(24)14(19)4/h6-8,10-12,25H,9H2,1-5H3/b17-11+,25-21?. The molecule has 0 fully saturated rings. The van der Waals surface area contributed by atoms with Crippen molar-refractivity contribution in [2.24, 2.45) is 16.0 Å². The first-order valence-corrected chi connectivity index (χ1v) is 11.3. The number of hydrazone groups is 1. The van der Waals surface area contributed by atoms with Crippen molar-refractivity contribution in [2.45, 2.75) is 41.0 Å². The lowest BCUT2D eigenvalue weighted by Crippen LogP contribution is -2.35. The first-order chi connectivity index (χ1) is 14.7. The second kappa shape index (κ2) is 8.13. The highest BCUT2D eigenvalue weighted by Crippen LogP contribution is 2.32. The van der Waals surface area contributed by atoms with Crippen LogP contribution in [-0.4, -0.2) is 31.5 Å². The van der Waals surface area contributed by atoms with Gasteiger partial charge in [0.25, 0.3) is 5.91 Å². The van der Waals surface area contributed by atoms with Crippen LogP contribution in [0.2, 0.25) is 5.02 Å². The molecular weight excluding hydrogens is 430 g/mol. The molecule has 0 unspecified atom stereocenters. The molecule has 2 aliphatic heterocycles. The van der Waals surface area contributed by atoms with Gasteiger partial charge in [0.2, 0.25) is 5.17 Å². The largest absolute Gasteiger partial charge is 0.318 e. The predicted molar refractivity (Wildman–Crippen MR) is 129 cm³/mol. The van der Waals surface area contributed by atoms with Crippen LogP contribution < -0.4 is 0 Å². The summed E-state index contributed by atoms with van der Waals surface area (Å²) in [6.07, 6.45) is 2.53. The van der Waals surface area contributed by atoms with Gasteiger partial charge in [-0.1, -0.05) is 31.5 Å². The minimum Gasteiger partial charge on any atom is -0.318 e. The van der Waals surface area contributed by atoms with Gasteiger partial charge in [0.05, 0.1) is 5.57 Å². The highest BCUT2D eigenvalue weighted by Gasteiger charge is 2.35. The highest BCUT2D eigenvalue weighted by atomic mass is 35.5. The first kappa shape index (κ1) is 21.6. The fourth-order valence-corrected chi connectivity index (χ4v) is 5.03. The number of thioether (sulfide) groups is 1. The van der Waals surface area contributed by atoms with Crippen LogP contribution in [-0.2, 0) is 4.79 Å². The number of amidine groups is 2. The zero-order chi connectivity index (χ0) is 22.4. The molecule has 0 aliphatic carbocycles. The minimum atomic E-state index is -0.409. The van der Waals surface area contributed by atoms with Crippen molar-refractivity contribution in [1.29, 1.82) is 5.41 Å². The number of rotatable bonds is 4. The number of aryl methyl sites for hydroxylation is 1. The van der Waals surface area contributed by atoms with Crippen LogP contribution in [0.25, 0.3) is 11.8 Å². The van der Waals surface area contributed by atoms with Gasteiger partial charge in [-0.15, -0.1) is 0 Å². The fraction of sp³-hybridized carbons (Fsp3) is 0.304. The molecule has 0 saturated carbocycles. The van der Waals surface area contributed by atoms with Gasteiger partial charge in [-0.25, -0.2) is 0 Å². The number of halogens is 1. The number of aliphatic imine (C=N–C) groups is 1. The molecule has 2 aliphatic rings. The normalized spacial score (nSPS) is 17.5. The van der Waals surface area contributed by atoms with Crippen LogP contribution in [0.5, 0.6) is 0 Å². The van der Waals surface area contributed by atoms with E-state index in [0.29, 0.717) is 16.1 Å². The van der Waals surface area contributed by atoms with E-state index >= 15 is 0 Å². The van der Waals surface area contributed by atoms with Crippen molar-refractivity contribution >= 4 is 51.4 Å². The van der Waals surface area contributed by atoms with Crippen LogP contribution >= 0.6 is 23.4 Å². The van der Waals surface area contributed by atoms with E-state index in [9.17, 15) is 4.79 Å². The third-order valence-electron chi connectivity index (χ3n) is 5.33. The Balaban J connectivity index is 1.73. The van der Waals surface area contributed by atoms with E-state index in [1.807, 2.05) is 45.0 Å². The summed E-state index contributed by atoms with van der Waals surface area (Å²) in [7, 11) is 0. The van der Waals surface area contributed by atoms with E-state index in [1.165, 1.54) is 16.8 Å². The summed E-state index contributed by atoms with van der Waals surface area (Å²) in [6.45, 7) is 10.2. The Hall–Kier alpha value is -2.64. The predicted octanol–water partition coefficient (Wildman–Crippen LogP) is 5.72. The Bertz CT molecular complexity index is 1200. The van der Waals surface area contributed by atoms with E-state index < -0.39 is 5.91 Å². The Morgan fingerprint density at radius 1 is 1.26 bits per heavy atom. The molecule has 0 radical (unpaired) electrons. The summed E-state index contributed by atoms with van der Waals surface area (Å²) in [6, 6.07) is 7.83. The molecule has 2 aromatic rings. The molecule has 0 atom stereocenters. The van der Waals surface area contributed by atoms with Gasteiger partial charge in [0.15, 0.2) is 5.84 Å². The maximum atomic E-state index is 12.7. The summed E-state index contributed by atoms with van der Waals surface area (Å²) in [4.78, 5) is 16.9. The zero-order valence-electron chi connectivity index (χ0n) is 18.2. The summed E-state index contributed by atoms with van der Waals surface area (Å²) >= 11 is 7.70. The molecule has 31 heavy (non-hydrogen) atoms. The van der Waals surface area contributed by atoms with E-state index in [2.05, 4.69) is 28.5 Å². The number of benzene rings is 1. The second-order valence-corrected chi connectivity index (χ2v) is 9.61. The summed E-state index contributed by atoms with van der Waals surface area (Å²) in [5, 5.41) is 16.6. The molecule has 0 saturated heterocycles. The summed E-state index contributed by atoms with van der Waals surface area (Å²) in [5.41, 5.74) is 5.07. The van der Waals surface area contributed by atoms with Crippen molar-refractivity contribution in [1.82, 2.24) is 9.58 Å². The molecule has 1 aromatic carbocycles. The van der Waals surface area contributed by atoms with Crippen molar-refractivity contribution < 1.29 is 4.79 Å². The fourth-order valence-electron chi connectivity index (χ4n) is 3.76. The minimum absolute atomic E-state index is 0.0602. The van der Waals surface area contributed by atoms with Crippen molar-refractivity contribution in [3.05, 3.63) is 57.4 Å². The lowest BCUT2D eigenvalue weighted by atomic mass is 10.1. The van der Waals surface area contributed by atoms with Gasteiger partial charge in [0.1, 0.15) is 5.04 Å². The lowest BCUT2D eigenvalue weighted by Gasteiger charge is -2.20. The van der Waals surface area contributed by atoms with Gasteiger partial charge < -0.3 is 4.57 Å². The molecule has 1 aromatic heterocycles. The lowest BCUT2D eigenvalue weighted by molar-refractivity contribution is -0.114. The third-order valence-corrected chi connectivity index (χ3v) is 6.67. The van der Waals surface area contributed by atoms with Gasteiger partial charge in [-0.05, 0) is 73.9 Å². The average Bonchev–Trinajstić information content (AvgIpc) is 3.21. The van der Waals surface area contributed by atoms with E-state index in [4.69, 9.17) is 17.0 Å². The molecule has 0 bridgehead atoms.